The van der Waals surface area contributed by atoms with Crippen LogP contribution in [-0.4, -0.2) is 25.4 Å². The molecule has 0 aliphatic rings. The molecule has 0 fully saturated rings. The van der Waals surface area contributed by atoms with Gasteiger partial charge in [0, 0.05) is 25.3 Å². The lowest BCUT2D eigenvalue weighted by Crippen LogP contribution is -2.40. The monoisotopic (exact) mass is 350 g/mol. The van der Waals surface area contributed by atoms with E-state index in [1.54, 1.807) is 25.2 Å². The first-order valence-electron chi connectivity index (χ1n) is 6.95. The number of rotatable bonds is 4. The Kier molecular flexibility index (Phi) is 5.64. The van der Waals surface area contributed by atoms with Crippen LogP contribution in [0.2, 0.25) is 10.0 Å². The highest BCUT2D eigenvalue weighted by Gasteiger charge is 2.19. The summed E-state index contributed by atoms with van der Waals surface area (Å²) in [6.45, 7) is 1.32. The van der Waals surface area contributed by atoms with Crippen LogP contribution in [0.3, 0.4) is 0 Å². The van der Waals surface area contributed by atoms with Crippen molar-refractivity contribution >= 4 is 46.4 Å². The van der Waals surface area contributed by atoms with Crippen LogP contribution in [0.25, 0.3) is 0 Å². The van der Waals surface area contributed by atoms with E-state index in [0.717, 1.165) is 5.69 Å². The van der Waals surface area contributed by atoms with Crippen molar-refractivity contribution in [3.05, 3.63) is 58.6 Å². The maximum Gasteiger partial charge on any atom is 0.246 e. The Bertz CT molecular complexity index is 720. The number of hydrogen-bond acceptors (Lipinski definition) is 2. The standard InChI is InChI=1S/C17H16Cl2N2O2/c1-12(22)21(14-8-9-15(18)16(19)10-14)11-17(23)20(2)13-6-4-3-5-7-13/h3-10H,11H2,1-2H3. The zero-order chi connectivity index (χ0) is 17.0. The van der Waals surface area contributed by atoms with Gasteiger partial charge < -0.3 is 9.80 Å². The molecule has 0 aromatic heterocycles. The van der Waals surface area contributed by atoms with Gasteiger partial charge in [-0.05, 0) is 30.3 Å². The van der Waals surface area contributed by atoms with E-state index in [1.807, 2.05) is 30.3 Å². The fourth-order valence-electron chi connectivity index (χ4n) is 2.07. The lowest BCUT2D eigenvalue weighted by molar-refractivity contribution is -0.121. The van der Waals surface area contributed by atoms with Gasteiger partial charge >= 0.3 is 0 Å². The number of halogens is 2. The first kappa shape index (κ1) is 17.3. The van der Waals surface area contributed by atoms with Crippen molar-refractivity contribution in [2.45, 2.75) is 6.92 Å². The number of likely N-dealkylation sites (N-methyl/N-ethyl adjacent to an activating group) is 1. The summed E-state index contributed by atoms with van der Waals surface area (Å²) < 4.78 is 0. The van der Waals surface area contributed by atoms with E-state index in [2.05, 4.69) is 0 Å². The molecule has 2 aromatic rings. The second-order valence-electron chi connectivity index (χ2n) is 4.99. The topological polar surface area (TPSA) is 40.6 Å². The molecular weight excluding hydrogens is 335 g/mol. The number of para-hydroxylation sites is 1. The van der Waals surface area contributed by atoms with Crippen molar-refractivity contribution in [1.29, 1.82) is 0 Å². The fourth-order valence-corrected chi connectivity index (χ4v) is 2.37. The number of carbonyl (C=O) groups excluding carboxylic acids is 2. The number of benzene rings is 2. The van der Waals surface area contributed by atoms with Crippen LogP contribution in [-0.2, 0) is 9.59 Å². The van der Waals surface area contributed by atoms with E-state index in [4.69, 9.17) is 23.2 Å². The first-order chi connectivity index (χ1) is 10.9. The molecule has 0 saturated carbocycles. The third-order valence-corrected chi connectivity index (χ3v) is 4.14. The van der Waals surface area contributed by atoms with Gasteiger partial charge in [-0.25, -0.2) is 0 Å². The van der Waals surface area contributed by atoms with Gasteiger partial charge in [0.05, 0.1) is 10.0 Å². The van der Waals surface area contributed by atoms with Crippen molar-refractivity contribution < 1.29 is 9.59 Å². The maximum atomic E-state index is 12.5. The molecule has 23 heavy (non-hydrogen) atoms. The molecule has 120 valence electrons. The minimum Gasteiger partial charge on any atom is -0.314 e. The van der Waals surface area contributed by atoms with E-state index in [-0.39, 0.29) is 18.4 Å². The summed E-state index contributed by atoms with van der Waals surface area (Å²) in [5.41, 5.74) is 1.29. The molecule has 4 nitrogen and oxygen atoms in total. The minimum atomic E-state index is -0.252. The molecule has 0 saturated heterocycles. The van der Waals surface area contributed by atoms with Gasteiger partial charge in [-0.1, -0.05) is 41.4 Å². The van der Waals surface area contributed by atoms with E-state index in [9.17, 15) is 9.59 Å². The summed E-state index contributed by atoms with van der Waals surface area (Å²) in [6.07, 6.45) is 0. The van der Waals surface area contributed by atoms with Gasteiger partial charge in [-0.15, -0.1) is 0 Å². The van der Waals surface area contributed by atoms with Gasteiger partial charge in [0.15, 0.2) is 0 Å². The Hall–Kier alpha value is -2.04. The zero-order valence-corrected chi connectivity index (χ0v) is 14.3. The summed E-state index contributed by atoms with van der Waals surface area (Å²) >= 11 is 11.9. The Morgan fingerprint density at radius 2 is 1.61 bits per heavy atom. The lowest BCUT2D eigenvalue weighted by Gasteiger charge is -2.24. The predicted octanol–water partition coefficient (Wildman–Crippen LogP) is 4.01. The molecule has 0 bridgehead atoms. The van der Waals surface area contributed by atoms with Gasteiger partial charge in [0.25, 0.3) is 0 Å². The highest BCUT2D eigenvalue weighted by atomic mass is 35.5. The smallest absolute Gasteiger partial charge is 0.246 e. The minimum absolute atomic E-state index is 0.0846. The van der Waals surface area contributed by atoms with Crippen LogP contribution in [0.15, 0.2) is 48.5 Å². The third-order valence-electron chi connectivity index (χ3n) is 3.41. The molecule has 2 amide bonds. The van der Waals surface area contributed by atoms with Crippen LogP contribution >= 0.6 is 23.2 Å². The molecule has 2 rings (SSSR count). The van der Waals surface area contributed by atoms with Crippen LogP contribution in [0.4, 0.5) is 11.4 Å². The normalized spacial score (nSPS) is 10.3. The number of carbonyl (C=O) groups is 2. The molecule has 0 aliphatic carbocycles. The van der Waals surface area contributed by atoms with Crippen LogP contribution in [0, 0.1) is 0 Å². The molecular formula is C17H16Cl2N2O2. The van der Waals surface area contributed by atoms with E-state index < -0.39 is 0 Å². The van der Waals surface area contributed by atoms with Crippen LogP contribution in [0.5, 0.6) is 0 Å². The Balaban J connectivity index is 2.21. The number of nitrogens with zero attached hydrogens (tertiary/aromatic N) is 2. The van der Waals surface area contributed by atoms with Crippen molar-refractivity contribution in [2.75, 3.05) is 23.4 Å². The van der Waals surface area contributed by atoms with Crippen molar-refractivity contribution in [3.63, 3.8) is 0 Å². The van der Waals surface area contributed by atoms with Gasteiger partial charge in [0.1, 0.15) is 6.54 Å². The van der Waals surface area contributed by atoms with Crippen LogP contribution in [0.1, 0.15) is 6.92 Å². The van der Waals surface area contributed by atoms with Crippen molar-refractivity contribution in [1.82, 2.24) is 0 Å². The first-order valence-corrected chi connectivity index (χ1v) is 7.70. The van der Waals surface area contributed by atoms with E-state index in [0.29, 0.717) is 15.7 Å². The Labute approximate surface area is 145 Å². The fraction of sp³-hybridized carbons (Fsp3) is 0.176. The number of amides is 2. The molecule has 0 spiro atoms. The summed E-state index contributed by atoms with van der Waals surface area (Å²) in [5.74, 6) is -0.462. The van der Waals surface area contributed by atoms with Crippen molar-refractivity contribution in [3.8, 4) is 0 Å². The molecule has 2 aromatic carbocycles. The molecule has 0 atom stereocenters. The highest BCUT2D eigenvalue weighted by Crippen LogP contribution is 2.27. The molecule has 6 heteroatoms. The largest absolute Gasteiger partial charge is 0.314 e. The SMILES string of the molecule is CC(=O)N(CC(=O)N(C)c1ccccc1)c1ccc(Cl)c(Cl)c1. The molecule has 0 heterocycles. The second-order valence-corrected chi connectivity index (χ2v) is 5.81. The van der Waals surface area contributed by atoms with Gasteiger partial charge in [-0.2, -0.15) is 0 Å². The highest BCUT2D eigenvalue weighted by molar-refractivity contribution is 6.42. The van der Waals surface area contributed by atoms with Crippen molar-refractivity contribution in [2.24, 2.45) is 0 Å². The average Bonchev–Trinajstić information content (AvgIpc) is 2.55. The van der Waals surface area contributed by atoms with Gasteiger partial charge in [-0.3, -0.25) is 9.59 Å². The second kappa shape index (κ2) is 7.49. The summed E-state index contributed by atoms with van der Waals surface area (Å²) in [7, 11) is 1.67. The molecule has 0 radical (unpaired) electrons. The summed E-state index contributed by atoms with van der Waals surface area (Å²) in [5, 5.41) is 0.728. The lowest BCUT2D eigenvalue weighted by atomic mass is 10.2. The van der Waals surface area contributed by atoms with Crippen LogP contribution < -0.4 is 9.80 Å². The Morgan fingerprint density at radius 3 is 2.17 bits per heavy atom. The average molecular weight is 351 g/mol. The molecule has 0 aliphatic heterocycles. The Morgan fingerprint density at radius 1 is 0.957 bits per heavy atom. The summed E-state index contributed by atoms with van der Waals surface area (Å²) in [4.78, 5) is 27.2. The number of hydrogen-bond donors (Lipinski definition) is 0. The van der Waals surface area contributed by atoms with Gasteiger partial charge in [0.2, 0.25) is 11.8 Å². The maximum absolute atomic E-state index is 12.5. The molecule has 0 unspecified atom stereocenters. The van der Waals surface area contributed by atoms with E-state index >= 15 is 0 Å². The number of anilines is 2. The van der Waals surface area contributed by atoms with E-state index in [1.165, 1.54) is 16.7 Å². The summed E-state index contributed by atoms with van der Waals surface area (Å²) in [6, 6.07) is 14.1. The quantitative estimate of drug-likeness (QED) is 0.835. The predicted molar refractivity (Wildman–Crippen MR) is 94.3 cm³/mol. The molecule has 0 N–H and O–H groups in total. The zero-order valence-electron chi connectivity index (χ0n) is 12.8. The third kappa shape index (κ3) is 4.24.